The number of thiazole rings is 1. The smallest absolute Gasteiger partial charge is 0.226 e. The van der Waals surface area contributed by atoms with Gasteiger partial charge in [0.2, 0.25) is 5.91 Å². The number of hydrogen-bond donors (Lipinski definition) is 1. The molecule has 0 radical (unpaired) electrons. The molecule has 1 aromatic heterocycles. The van der Waals surface area contributed by atoms with Crippen LogP contribution in [0, 0.1) is 0 Å². The lowest BCUT2D eigenvalue weighted by molar-refractivity contribution is -0.120. The molecule has 32 heavy (non-hydrogen) atoms. The summed E-state index contributed by atoms with van der Waals surface area (Å²) in [6.07, 6.45) is 1.08. The summed E-state index contributed by atoms with van der Waals surface area (Å²) in [7, 11) is 1.65. The minimum atomic E-state index is -0.00331. The summed E-state index contributed by atoms with van der Waals surface area (Å²) in [5.41, 5.74) is 4.36. The van der Waals surface area contributed by atoms with Crippen LogP contribution in [0.15, 0.2) is 53.9 Å². The molecular weight excluding hydrogens is 422 g/mol. The molecule has 2 aromatic carbocycles. The largest absolute Gasteiger partial charge is 0.497 e. The number of aromatic nitrogens is 1. The number of hydrogen-bond acceptors (Lipinski definition) is 6. The predicted octanol–water partition coefficient (Wildman–Crippen LogP) is 3.55. The van der Waals surface area contributed by atoms with Gasteiger partial charge in [0.1, 0.15) is 10.8 Å². The number of morpholine rings is 1. The van der Waals surface area contributed by atoms with E-state index in [9.17, 15) is 4.79 Å². The van der Waals surface area contributed by atoms with Gasteiger partial charge in [-0.1, -0.05) is 30.3 Å². The minimum absolute atomic E-state index is 0.00331. The highest BCUT2D eigenvalue weighted by Gasteiger charge is 2.13. The zero-order valence-corrected chi connectivity index (χ0v) is 19.2. The Kier molecular flexibility index (Phi) is 7.87. The lowest BCUT2D eigenvalue weighted by Gasteiger charge is -2.26. The molecule has 2 heterocycles. The van der Waals surface area contributed by atoms with Gasteiger partial charge in [0.25, 0.3) is 0 Å². The van der Waals surface area contributed by atoms with Crippen molar-refractivity contribution in [3.63, 3.8) is 0 Å². The molecule has 4 rings (SSSR count). The van der Waals surface area contributed by atoms with Crippen LogP contribution >= 0.6 is 11.3 Å². The van der Waals surface area contributed by atoms with Gasteiger partial charge in [0.05, 0.1) is 32.4 Å². The molecular formula is C25H29N3O3S. The SMILES string of the molecule is COc1ccc(CCNC(=O)Cc2csc(-c3cccc(CN4CCOCC4)c3)n2)cc1. The summed E-state index contributed by atoms with van der Waals surface area (Å²) < 4.78 is 10.6. The zero-order valence-electron chi connectivity index (χ0n) is 18.4. The quantitative estimate of drug-likeness (QED) is 0.539. The van der Waals surface area contributed by atoms with Crippen LogP contribution in [0.5, 0.6) is 5.75 Å². The summed E-state index contributed by atoms with van der Waals surface area (Å²) in [4.78, 5) is 19.5. The van der Waals surface area contributed by atoms with E-state index in [1.165, 1.54) is 11.1 Å². The topological polar surface area (TPSA) is 63.7 Å². The highest BCUT2D eigenvalue weighted by molar-refractivity contribution is 7.13. The number of ether oxygens (including phenoxy) is 2. The van der Waals surface area contributed by atoms with Gasteiger partial charge in [0.15, 0.2) is 0 Å². The lowest BCUT2D eigenvalue weighted by Crippen LogP contribution is -2.35. The first-order chi connectivity index (χ1) is 15.7. The average molecular weight is 452 g/mol. The Labute approximate surface area is 193 Å². The second-order valence-electron chi connectivity index (χ2n) is 7.86. The van der Waals surface area contributed by atoms with E-state index in [-0.39, 0.29) is 5.91 Å². The fourth-order valence-electron chi connectivity index (χ4n) is 3.71. The lowest BCUT2D eigenvalue weighted by atomic mass is 10.1. The number of nitrogens with one attached hydrogen (secondary N) is 1. The maximum Gasteiger partial charge on any atom is 0.226 e. The summed E-state index contributed by atoms with van der Waals surface area (Å²) >= 11 is 1.59. The molecule has 1 N–H and O–H groups in total. The average Bonchev–Trinajstić information content (AvgIpc) is 3.29. The first-order valence-corrected chi connectivity index (χ1v) is 11.8. The molecule has 1 fully saturated rings. The third-order valence-electron chi connectivity index (χ3n) is 5.47. The number of carbonyl (C=O) groups is 1. The molecule has 168 valence electrons. The van der Waals surface area contributed by atoms with Crippen molar-refractivity contribution in [2.24, 2.45) is 0 Å². The van der Waals surface area contributed by atoms with Gasteiger partial charge in [0, 0.05) is 37.1 Å². The fourth-order valence-corrected chi connectivity index (χ4v) is 4.52. The van der Waals surface area contributed by atoms with Crippen molar-refractivity contribution in [1.82, 2.24) is 15.2 Å². The molecule has 0 unspecified atom stereocenters. The Morgan fingerprint density at radius 2 is 1.97 bits per heavy atom. The Balaban J connectivity index is 1.27. The van der Waals surface area contributed by atoms with Gasteiger partial charge in [-0.3, -0.25) is 9.69 Å². The number of nitrogens with zero attached hydrogens (tertiary/aromatic N) is 2. The third-order valence-corrected chi connectivity index (χ3v) is 6.41. The van der Waals surface area contributed by atoms with Gasteiger partial charge in [-0.05, 0) is 35.7 Å². The fraction of sp³-hybridized carbons (Fsp3) is 0.360. The number of methoxy groups -OCH3 is 1. The van der Waals surface area contributed by atoms with Crippen molar-refractivity contribution in [1.29, 1.82) is 0 Å². The first-order valence-electron chi connectivity index (χ1n) is 10.9. The molecule has 0 bridgehead atoms. The number of rotatable bonds is 9. The summed E-state index contributed by atoms with van der Waals surface area (Å²) in [5, 5.41) is 5.92. The molecule has 6 nitrogen and oxygen atoms in total. The molecule has 0 aliphatic carbocycles. The van der Waals surface area contributed by atoms with Crippen LogP contribution in [-0.4, -0.2) is 55.7 Å². The van der Waals surface area contributed by atoms with E-state index in [2.05, 4.69) is 34.5 Å². The summed E-state index contributed by atoms with van der Waals surface area (Å²) in [6.45, 7) is 5.07. The molecule has 1 aliphatic heterocycles. The molecule has 0 saturated carbocycles. The van der Waals surface area contributed by atoms with E-state index < -0.39 is 0 Å². The highest BCUT2D eigenvalue weighted by atomic mass is 32.1. The third kappa shape index (κ3) is 6.38. The van der Waals surface area contributed by atoms with Crippen molar-refractivity contribution in [3.05, 3.63) is 70.7 Å². The first kappa shape index (κ1) is 22.5. The van der Waals surface area contributed by atoms with Crippen molar-refractivity contribution in [2.75, 3.05) is 40.0 Å². The Morgan fingerprint density at radius 3 is 2.75 bits per heavy atom. The van der Waals surface area contributed by atoms with Gasteiger partial charge >= 0.3 is 0 Å². The number of amides is 1. The van der Waals surface area contributed by atoms with Gasteiger partial charge < -0.3 is 14.8 Å². The number of benzene rings is 2. The monoisotopic (exact) mass is 451 g/mol. The zero-order chi connectivity index (χ0) is 22.2. The highest BCUT2D eigenvalue weighted by Crippen LogP contribution is 2.25. The van der Waals surface area contributed by atoms with Gasteiger partial charge in [-0.25, -0.2) is 4.98 Å². The second-order valence-corrected chi connectivity index (χ2v) is 8.72. The maximum absolute atomic E-state index is 12.3. The number of carbonyl (C=O) groups excluding carboxylic acids is 1. The van der Waals surface area contributed by atoms with Crippen LogP contribution in [0.4, 0.5) is 0 Å². The van der Waals surface area contributed by atoms with Gasteiger partial charge in [-0.2, -0.15) is 0 Å². The molecule has 0 atom stereocenters. The van der Waals surface area contributed by atoms with Crippen LogP contribution in [0.2, 0.25) is 0 Å². The van der Waals surface area contributed by atoms with E-state index in [1.807, 2.05) is 29.6 Å². The summed E-state index contributed by atoms with van der Waals surface area (Å²) in [6, 6.07) is 16.4. The van der Waals surface area contributed by atoms with Crippen molar-refractivity contribution >= 4 is 17.2 Å². The molecule has 7 heteroatoms. The van der Waals surface area contributed by atoms with E-state index >= 15 is 0 Å². The van der Waals surface area contributed by atoms with Crippen LogP contribution in [0.25, 0.3) is 10.6 Å². The van der Waals surface area contributed by atoms with E-state index in [1.54, 1.807) is 18.4 Å². The van der Waals surface area contributed by atoms with E-state index in [0.29, 0.717) is 13.0 Å². The maximum atomic E-state index is 12.3. The van der Waals surface area contributed by atoms with Crippen LogP contribution in [0.1, 0.15) is 16.8 Å². The van der Waals surface area contributed by atoms with Crippen molar-refractivity contribution in [3.8, 4) is 16.3 Å². The Bertz CT molecular complexity index is 1010. The van der Waals surface area contributed by atoms with Crippen molar-refractivity contribution < 1.29 is 14.3 Å². The second kappa shape index (κ2) is 11.2. The summed E-state index contributed by atoms with van der Waals surface area (Å²) in [5.74, 6) is 0.834. The normalized spacial score (nSPS) is 14.3. The van der Waals surface area contributed by atoms with Crippen LogP contribution in [0.3, 0.4) is 0 Å². The van der Waals surface area contributed by atoms with Crippen LogP contribution < -0.4 is 10.1 Å². The molecule has 3 aromatic rings. The van der Waals surface area contributed by atoms with Crippen LogP contribution in [-0.2, 0) is 28.9 Å². The molecule has 1 saturated heterocycles. The predicted molar refractivity (Wildman–Crippen MR) is 127 cm³/mol. The molecule has 0 spiro atoms. The van der Waals surface area contributed by atoms with E-state index in [4.69, 9.17) is 14.5 Å². The van der Waals surface area contributed by atoms with E-state index in [0.717, 1.165) is 61.3 Å². The Hall–Kier alpha value is -2.74. The van der Waals surface area contributed by atoms with Gasteiger partial charge in [-0.15, -0.1) is 11.3 Å². The minimum Gasteiger partial charge on any atom is -0.497 e. The molecule has 1 aliphatic rings. The standard InChI is InChI=1S/C25H29N3O3S/c1-30-23-7-5-19(6-8-23)9-10-26-24(29)16-22-18-32-25(27-22)21-4-2-3-20(15-21)17-28-11-13-31-14-12-28/h2-8,15,18H,9-14,16-17H2,1H3,(H,26,29). The molecule has 1 amide bonds. The Morgan fingerprint density at radius 1 is 1.16 bits per heavy atom. The van der Waals surface area contributed by atoms with Crippen molar-refractivity contribution in [2.45, 2.75) is 19.4 Å².